The molecule has 1 saturated heterocycles. The first-order valence-corrected chi connectivity index (χ1v) is 4.55. The normalized spacial score (nSPS) is 15.7. The van der Waals surface area contributed by atoms with Crippen LogP contribution in [0.25, 0.3) is 0 Å². The molecule has 0 aliphatic carbocycles. The van der Waals surface area contributed by atoms with Gasteiger partial charge in [0.25, 0.3) is 0 Å². The molecule has 1 aromatic rings. The molecule has 1 aliphatic rings. The van der Waals surface area contributed by atoms with Crippen molar-refractivity contribution in [3.63, 3.8) is 0 Å². The molecular formula is C8H11N5O2. The molecule has 7 nitrogen and oxygen atoms in total. The number of aromatic nitrogens is 1. The van der Waals surface area contributed by atoms with Crippen LogP contribution in [0.2, 0.25) is 0 Å². The van der Waals surface area contributed by atoms with Crippen LogP contribution >= 0.6 is 0 Å². The summed E-state index contributed by atoms with van der Waals surface area (Å²) in [6.45, 7) is 1.75. The molecule has 0 unspecified atom stereocenters. The molecule has 2 rings (SSSR count). The molecule has 4 N–H and O–H groups in total. The third kappa shape index (κ3) is 1.96. The Morgan fingerprint density at radius 3 is 2.80 bits per heavy atom. The van der Waals surface area contributed by atoms with E-state index in [1.54, 1.807) is 6.07 Å². The van der Waals surface area contributed by atoms with Gasteiger partial charge in [0, 0.05) is 19.2 Å². The van der Waals surface area contributed by atoms with Gasteiger partial charge in [-0.3, -0.25) is 10.1 Å². The number of nitro groups is 1. The van der Waals surface area contributed by atoms with E-state index in [0.29, 0.717) is 11.9 Å². The van der Waals surface area contributed by atoms with Gasteiger partial charge >= 0.3 is 5.69 Å². The molecule has 0 atom stereocenters. The standard InChI is InChI=1S/C8H11N5O2/c9-8-6(13(14)15)1-2-7(12-8)11-5-3-10-4-5/h1-2,5,10H,3-4H2,(H3,9,11,12). The van der Waals surface area contributed by atoms with Crippen molar-refractivity contribution in [1.29, 1.82) is 0 Å². The van der Waals surface area contributed by atoms with Crippen LogP contribution in [0, 0.1) is 10.1 Å². The number of nitrogens with two attached hydrogens (primary N) is 1. The molecule has 0 aromatic carbocycles. The van der Waals surface area contributed by atoms with Gasteiger partial charge in [-0.2, -0.15) is 0 Å². The van der Waals surface area contributed by atoms with Crippen molar-refractivity contribution in [3.8, 4) is 0 Å². The third-order valence-corrected chi connectivity index (χ3v) is 2.23. The maximum atomic E-state index is 10.5. The molecule has 15 heavy (non-hydrogen) atoms. The highest BCUT2D eigenvalue weighted by molar-refractivity contribution is 5.57. The van der Waals surface area contributed by atoms with E-state index in [9.17, 15) is 10.1 Å². The summed E-state index contributed by atoms with van der Waals surface area (Å²) >= 11 is 0. The van der Waals surface area contributed by atoms with Crippen LogP contribution in [0.3, 0.4) is 0 Å². The van der Waals surface area contributed by atoms with E-state index >= 15 is 0 Å². The smallest absolute Gasteiger partial charge is 0.311 e. The van der Waals surface area contributed by atoms with Gasteiger partial charge in [-0.25, -0.2) is 4.98 Å². The van der Waals surface area contributed by atoms with E-state index in [0.717, 1.165) is 13.1 Å². The van der Waals surface area contributed by atoms with Gasteiger partial charge in [0.2, 0.25) is 5.82 Å². The Hall–Kier alpha value is -1.89. The topological polar surface area (TPSA) is 106 Å². The van der Waals surface area contributed by atoms with Crippen LogP contribution in [0.1, 0.15) is 0 Å². The van der Waals surface area contributed by atoms with Gasteiger partial charge in [0.15, 0.2) is 0 Å². The Labute approximate surface area is 85.8 Å². The number of nitrogens with one attached hydrogen (secondary N) is 2. The second-order valence-corrected chi connectivity index (χ2v) is 3.36. The molecule has 1 aromatic heterocycles. The molecule has 0 radical (unpaired) electrons. The second-order valence-electron chi connectivity index (χ2n) is 3.36. The second kappa shape index (κ2) is 3.70. The average Bonchev–Trinajstić information content (AvgIpc) is 2.11. The maximum Gasteiger partial charge on any atom is 0.311 e. The van der Waals surface area contributed by atoms with Crippen molar-refractivity contribution in [1.82, 2.24) is 10.3 Å². The summed E-state index contributed by atoms with van der Waals surface area (Å²) in [5, 5.41) is 16.7. The Morgan fingerprint density at radius 2 is 2.33 bits per heavy atom. The Bertz CT molecular complexity index is 391. The fourth-order valence-corrected chi connectivity index (χ4v) is 1.30. The number of pyridine rings is 1. The van der Waals surface area contributed by atoms with Gasteiger partial charge < -0.3 is 16.4 Å². The van der Waals surface area contributed by atoms with Crippen LogP contribution in [0.15, 0.2) is 12.1 Å². The van der Waals surface area contributed by atoms with E-state index in [1.165, 1.54) is 6.07 Å². The van der Waals surface area contributed by atoms with Crippen molar-refractivity contribution in [2.75, 3.05) is 24.1 Å². The predicted octanol–water partition coefficient (Wildman–Crippen LogP) is -0.0443. The van der Waals surface area contributed by atoms with Crippen molar-refractivity contribution in [3.05, 3.63) is 22.2 Å². The lowest BCUT2D eigenvalue weighted by atomic mass is 10.2. The summed E-state index contributed by atoms with van der Waals surface area (Å²) < 4.78 is 0. The van der Waals surface area contributed by atoms with Gasteiger partial charge in [0.1, 0.15) is 5.82 Å². The van der Waals surface area contributed by atoms with E-state index in [-0.39, 0.29) is 11.5 Å². The molecule has 2 heterocycles. The fraction of sp³-hybridized carbons (Fsp3) is 0.375. The molecule has 7 heteroatoms. The fourth-order valence-electron chi connectivity index (χ4n) is 1.30. The lowest BCUT2D eigenvalue weighted by molar-refractivity contribution is -0.384. The molecule has 1 fully saturated rings. The number of nitrogen functional groups attached to an aromatic ring is 1. The van der Waals surface area contributed by atoms with Gasteiger partial charge in [-0.05, 0) is 6.07 Å². The van der Waals surface area contributed by atoms with E-state index in [1.807, 2.05) is 0 Å². The van der Waals surface area contributed by atoms with Gasteiger partial charge in [-0.15, -0.1) is 0 Å². The largest absolute Gasteiger partial charge is 0.378 e. The van der Waals surface area contributed by atoms with Crippen molar-refractivity contribution in [2.45, 2.75) is 6.04 Å². The van der Waals surface area contributed by atoms with Crippen LogP contribution in [-0.4, -0.2) is 29.0 Å². The molecule has 1 aliphatic heterocycles. The summed E-state index contributed by atoms with van der Waals surface area (Å²) in [5.41, 5.74) is 5.29. The molecule has 0 spiro atoms. The number of hydrogen-bond acceptors (Lipinski definition) is 6. The zero-order chi connectivity index (χ0) is 10.8. The first kappa shape index (κ1) is 9.66. The number of hydrogen-bond donors (Lipinski definition) is 3. The molecule has 80 valence electrons. The van der Waals surface area contributed by atoms with Crippen molar-refractivity contribution >= 4 is 17.3 Å². The summed E-state index contributed by atoms with van der Waals surface area (Å²) in [7, 11) is 0. The quantitative estimate of drug-likeness (QED) is 0.476. The first-order chi connectivity index (χ1) is 7.16. The maximum absolute atomic E-state index is 10.5. The highest BCUT2D eigenvalue weighted by Crippen LogP contribution is 2.21. The predicted molar refractivity (Wildman–Crippen MR) is 55.6 cm³/mol. The van der Waals surface area contributed by atoms with Crippen LogP contribution in [0.4, 0.5) is 17.3 Å². The van der Waals surface area contributed by atoms with Crippen LogP contribution < -0.4 is 16.4 Å². The molecule has 0 amide bonds. The lowest BCUT2D eigenvalue weighted by Gasteiger charge is -2.28. The van der Waals surface area contributed by atoms with Crippen molar-refractivity contribution in [2.24, 2.45) is 0 Å². The monoisotopic (exact) mass is 209 g/mol. The lowest BCUT2D eigenvalue weighted by Crippen LogP contribution is -2.51. The molecule has 0 bridgehead atoms. The number of anilines is 2. The highest BCUT2D eigenvalue weighted by atomic mass is 16.6. The number of nitrogens with zero attached hydrogens (tertiary/aromatic N) is 2. The van der Waals surface area contributed by atoms with E-state index in [2.05, 4.69) is 15.6 Å². The minimum atomic E-state index is -0.545. The van der Waals surface area contributed by atoms with E-state index < -0.39 is 4.92 Å². The molecular weight excluding hydrogens is 198 g/mol. The SMILES string of the molecule is Nc1nc(NC2CNC2)ccc1[N+](=O)[O-]. The van der Waals surface area contributed by atoms with Crippen LogP contribution in [0.5, 0.6) is 0 Å². The summed E-state index contributed by atoms with van der Waals surface area (Å²) in [5.74, 6) is 0.516. The summed E-state index contributed by atoms with van der Waals surface area (Å²) in [6, 6.07) is 3.25. The Balaban J connectivity index is 2.13. The molecule has 0 saturated carbocycles. The minimum absolute atomic E-state index is 0.0581. The third-order valence-electron chi connectivity index (χ3n) is 2.23. The Kier molecular flexibility index (Phi) is 2.38. The van der Waals surface area contributed by atoms with E-state index in [4.69, 9.17) is 5.73 Å². The number of rotatable bonds is 3. The zero-order valence-electron chi connectivity index (χ0n) is 7.93. The first-order valence-electron chi connectivity index (χ1n) is 4.55. The highest BCUT2D eigenvalue weighted by Gasteiger charge is 2.18. The zero-order valence-corrected chi connectivity index (χ0v) is 7.93. The van der Waals surface area contributed by atoms with Gasteiger partial charge in [-0.1, -0.05) is 0 Å². The summed E-state index contributed by atoms with van der Waals surface area (Å²) in [6.07, 6.45) is 0. The average molecular weight is 209 g/mol. The van der Waals surface area contributed by atoms with Gasteiger partial charge in [0.05, 0.1) is 11.0 Å². The Morgan fingerprint density at radius 1 is 1.60 bits per heavy atom. The minimum Gasteiger partial charge on any atom is -0.378 e. The van der Waals surface area contributed by atoms with Crippen molar-refractivity contribution < 1.29 is 4.92 Å². The summed E-state index contributed by atoms with van der Waals surface area (Å²) in [4.78, 5) is 13.8. The van der Waals surface area contributed by atoms with Crippen LogP contribution in [-0.2, 0) is 0 Å².